The van der Waals surface area contributed by atoms with Gasteiger partial charge in [0.25, 0.3) is 0 Å². The number of carbonyl (C=O) groups is 1. The number of amides is 2. The molecular formula is C19H33N5O2. The largest absolute Gasteiger partial charge is 0.379 e. The number of rotatable bonds is 7. The van der Waals surface area contributed by atoms with Crippen molar-refractivity contribution in [1.29, 1.82) is 0 Å². The Labute approximate surface area is 156 Å². The van der Waals surface area contributed by atoms with Crippen molar-refractivity contribution in [1.82, 2.24) is 20.0 Å². The molecule has 1 aromatic heterocycles. The van der Waals surface area contributed by atoms with Gasteiger partial charge in [-0.15, -0.1) is 0 Å². The van der Waals surface area contributed by atoms with Crippen LogP contribution in [0.4, 0.5) is 10.6 Å². The summed E-state index contributed by atoms with van der Waals surface area (Å²) in [5, 5.41) is 10.7. The molecule has 7 heteroatoms. The minimum absolute atomic E-state index is 0.120. The van der Waals surface area contributed by atoms with Gasteiger partial charge >= 0.3 is 6.03 Å². The van der Waals surface area contributed by atoms with E-state index in [4.69, 9.17) is 4.74 Å². The van der Waals surface area contributed by atoms with Crippen molar-refractivity contribution in [2.75, 3.05) is 38.2 Å². The van der Waals surface area contributed by atoms with Crippen LogP contribution in [0.3, 0.4) is 0 Å². The fourth-order valence-electron chi connectivity index (χ4n) is 4.25. The van der Waals surface area contributed by atoms with Crippen molar-refractivity contribution in [2.24, 2.45) is 0 Å². The van der Waals surface area contributed by atoms with Crippen LogP contribution in [0.2, 0.25) is 0 Å². The molecule has 2 amide bonds. The molecule has 2 fully saturated rings. The van der Waals surface area contributed by atoms with Crippen LogP contribution < -0.4 is 10.6 Å². The molecule has 1 saturated carbocycles. The Morgan fingerprint density at radius 1 is 1.35 bits per heavy atom. The van der Waals surface area contributed by atoms with Crippen LogP contribution in [-0.4, -0.2) is 59.1 Å². The molecule has 1 aliphatic carbocycles. The first kappa shape index (κ1) is 19.2. The van der Waals surface area contributed by atoms with Gasteiger partial charge in [0.1, 0.15) is 5.82 Å². The van der Waals surface area contributed by atoms with Crippen LogP contribution in [0.1, 0.15) is 58.4 Å². The summed E-state index contributed by atoms with van der Waals surface area (Å²) in [5.41, 5.74) is -0.124. The molecule has 146 valence electrons. The Bertz CT molecular complexity index is 576. The Morgan fingerprint density at radius 2 is 2.08 bits per heavy atom. The van der Waals surface area contributed by atoms with E-state index in [9.17, 15) is 4.79 Å². The molecule has 0 bridgehead atoms. The lowest BCUT2D eigenvalue weighted by Crippen LogP contribution is -2.56. The summed E-state index contributed by atoms with van der Waals surface area (Å²) in [6.45, 7) is 8.69. The van der Waals surface area contributed by atoms with Gasteiger partial charge in [-0.05, 0) is 26.2 Å². The SMILES string of the molecule is CCCC(C)n1nccc1NC(=O)NC1(CN2CCOCC2)CCCC1. The fraction of sp³-hybridized carbons (Fsp3) is 0.789. The number of nitrogens with zero attached hydrogens (tertiary/aromatic N) is 3. The highest BCUT2D eigenvalue weighted by Gasteiger charge is 2.37. The normalized spacial score (nSPS) is 21.5. The molecule has 2 N–H and O–H groups in total. The Balaban J connectivity index is 1.61. The quantitative estimate of drug-likeness (QED) is 0.781. The van der Waals surface area contributed by atoms with E-state index in [1.54, 1.807) is 6.20 Å². The van der Waals surface area contributed by atoms with E-state index < -0.39 is 0 Å². The topological polar surface area (TPSA) is 71.4 Å². The number of hydrogen-bond donors (Lipinski definition) is 2. The number of carbonyl (C=O) groups excluding carboxylic acids is 1. The van der Waals surface area contributed by atoms with Gasteiger partial charge in [-0.1, -0.05) is 26.2 Å². The molecule has 1 aromatic rings. The van der Waals surface area contributed by atoms with Crippen LogP contribution in [0.25, 0.3) is 0 Å². The van der Waals surface area contributed by atoms with Gasteiger partial charge < -0.3 is 10.1 Å². The summed E-state index contributed by atoms with van der Waals surface area (Å²) < 4.78 is 7.36. The maximum absolute atomic E-state index is 12.7. The molecule has 1 atom stereocenters. The molecule has 0 spiro atoms. The number of aromatic nitrogens is 2. The van der Waals surface area contributed by atoms with Gasteiger partial charge in [0.05, 0.1) is 31.0 Å². The van der Waals surface area contributed by atoms with Crippen LogP contribution in [0.15, 0.2) is 12.3 Å². The van der Waals surface area contributed by atoms with E-state index in [1.165, 1.54) is 12.8 Å². The highest BCUT2D eigenvalue weighted by atomic mass is 16.5. The first-order valence-electron chi connectivity index (χ1n) is 10.0. The van der Waals surface area contributed by atoms with Crippen molar-refractivity contribution in [2.45, 2.75) is 64.0 Å². The van der Waals surface area contributed by atoms with Gasteiger partial charge in [-0.2, -0.15) is 5.10 Å². The summed E-state index contributed by atoms with van der Waals surface area (Å²) in [5.74, 6) is 0.767. The van der Waals surface area contributed by atoms with Crippen molar-refractivity contribution < 1.29 is 9.53 Å². The summed E-state index contributed by atoms with van der Waals surface area (Å²) in [6.07, 6.45) is 8.33. The predicted octanol–water partition coefficient (Wildman–Crippen LogP) is 3.01. The van der Waals surface area contributed by atoms with Crippen molar-refractivity contribution in [3.63, 3.8) is 0 Å². The van der Waals surface area contributed by atoms with Crippen molar-refractivity contribution in [3.05, 3.63) is 12.3 Å². The van der Waals surface area contributed by atoms with Crippen LogP contribution >= 0.6 is 0 Å². The van der Waals surface area contributed by atoms with Gasteiger partial charge in [0.15, 0.2) is 0 Å². The van der Waals surface area contributed by atoms with E-state index in [0.717, 1.165) is 64.3 Å². The van der Waals surface area contributed by atoms with Crippen LogP contribution in [0, 0.1) is 0 Å². The molecule has 2 heterocycles. The molecule has 1 saturated heterocycles. The molecule has 26 heavy (non-hydrogen) atoms. The number of hydrogen-bond acceptors (Lipinski definition) is 4. The third-order valence-corrected chi connectivity index (χ3v) is 5.61. The predicted molar refractivity (Wildman–Crippen MR) is 102 cm³/mol. The van der Waals surface area contributed by atoms with Crippen LogP contribution in [0.5, 0.6) is 0 Å². The molecule has 0 aromatic carbocycles. The zero-order valence-corrected chi connectivity index (χ0v) is 16.2. The van der Waals surface area contributed by atoms with E-state index in [-0.39, 0.29) is 17.6 Å². The summed E-state index contributed by atoms with van der Waals surface area (Å²) in [4.78, 5) is 15.2. The molecule has 3 rings (SSSR count). The van der Waals surface area contributed by atoms with Crippen molar-refractivity contribution in [3.8, 4) is 0 Å². The van der Waals surface area contributed by atoms with Gasteiger partial charge in [-0.3, -0.25) is 10.2 Å². The van der Waals surface area contributed by atoms with E-state index in [0.29, 0.717) is 0 Å². The first-order chi connectivity index (χ1) is 12.6. The molecule has 1 unspecified atom stereocenters. The molecule has 0 radical (unpaired) electrons. The molecular weight excluding hydrogens is 330 g/mol. The zero-order chi connectivity index (χ0) is 18.4. The highest BCUT2D eigenvalue weighted by molar-refractivity contribution is 5.88. The van der Waals surface area contributed by atoms with E-state index >= 15 is 0 Å². The van der Waals surface area contributed by atoms with Crippen molar-refractivity contribution >= 4 is 11.8 Å². The molecule has 2 aliphatic rings. The Kier molecular flexibility index (Phi) is 6.53. The smallest absolute Gasteiger partial charge is 0.320 e. The van der Waals surface area contributed by atoms with E-state index in [2.05, 4.69) is 34.5 Å². The Morgan fingerprint density at radius 3 is 2.77 bits per heavy atom. The second-order valence-electron chi connectivity index (χ2n) is 7.75. The summed E-state index contributed by atoms with van der Waals surface area (Å²) >= 11 is 0. The number of urea groups is 1. The Hall–Kier alpha value is -1.60. The zero-order valence-electron chi connectivity index (χ0n) is 16.2. The number of ether oxygens (including phenoxy) is 1. The van der Waals surface area contributed by atoms with Gasteiger partial charge in [0, 0.05) is 25.7 Å². The monoisotopic (exact) mass is 363 g/mol. The third-order valence-electron chi connectivity index (χ3n) is 5.61. The first-order valence-corrected chi connectivity index (χ1v) is 10.0. The lowest BCUT2D eigenvalue weighted by atomic mass is 9.96. The third kappa shape index (κ3) is 4.76. The summed E-state index contributed by atoms with van der Waals surface area (Å²) in [6, 6.07) is 2.03. The lowest BCUT2D eigenvalue weighted by Gasteiger charge is -2.37. The average molecular weight is 364 g/mol. The standard InChI is InChI=1S/C19H33N5O2/c1-3-6-16(2)24-17(7-10-20-24)21-18(25)22-19(8-4-5-9-19)15-23-11-13-26-14-12-23/h7,10,16H,3-6,8-9,11-15H2,1-2H3,(H2,21,22,25). The lowest BCUT2D eigenvalue weighted by molar-refractivity contribution is 0.0254. The fourth-order valence-corrected chi connectivity index (χ4v) is 4.25. The highest BCUT2D eigenvalue weighted by Crippen LogP contribution is 2.31. The number of anilines is 1. The number of morpholine rings is 1. The van der Waals surface area contributed by atoms with Gasteiger partial charge in [-0.25, -0.2) is 9.48 Å². The maximum atomic E-state index is 12.7. The van der Waals surface area contributed by atoms with E-state index in [1.807, 2.05) is 10.7 Å². The molecule has 1 aliphatic heterocycles. The number of nitrogens with one attached hydrogen (secondary N) is 2. The minimum Gasteiger partial charge on any atom is -0.379 e. The molecule has 7 nitrogen and oxygen atoms in total. The average Bonchev–Trinajstić information content (AvgIpc) is 3.26. The second-order valence-corrected chi connectivity index (χ2v) is 7.75. The summed E-state index contributed by atoms with van der Waals surface area (Å²) in [7, 11) is 0. The maximum Gasteiger partial charge on any atom is 0.320 e. The minimum atomic E-state index is -0.124. The second kappa shape index (κ2) is 8.86. The van der Waals surface area contributed by atoms with Gasteiger partial charge in [0.2, 0.25) is 0 Å². The van der Waals surface area contributed by atoms with Crippen LogP contribution in [-0.2, 0) is 4.74 Å².